The molecule has 1 aromatic rings. The van der Waals surface area contributed by atoms with Gasteiger partial charge in [-0.1, -0.05) is 0 Å². The van der Waals surface area contributed by atoms with Gasteiger partial charge in [-0.15, -0.1) is 0 Å². The molecule has 1 unspecified atom stereocenters. The predicted octanol–water partition coefficient (Wildman–Crippen LogP) is -0.930. The van der Waals surface area contributed by atoms with Gasteiger partial charge in [-0.25, -0.2) is 5.10 Å². The van der Waals surface area contributed by atoms with Gasteiger partial charge in [-0.05, 0) is 0 Å². The van der Waals surface area contributed by atoms with E-state index in [2.05, 4.69) is 20.8 Å². The van der Waals surface area contributed by atoms with E-state index in [1.807, 2.05) is 0 Å². The van der Waals surface area contributed by atoms with Crippen molar-refractivity contribution in [3.05, 3.63) is 22.6 Å². The van der Waals surface area contributed by atoms with E-state index < -0.39 is 0 Å². The fraction of sp³-hybridized carbons (Fsp3) is 0.375. The Balaban J connectivity index is 2.04. The van der Waals surface area contributed by atoms with Crippen LogP contribution in [0.3, 0.4) is 0 Å². The van der Waals surface area contributed by atoms with Crippen LogP contribution in [-0.4, -0.2) is 28.7 Å². The molecule has 14 heavy (non-hydrogen) atoms. The molecule has 2 rings (SSSR count). The van der Waals surface area contributed by atoms with Gasteiger partial charge in [0, 0.05) is 19.0 Å². The summed E-state index contributed by atoms with van der Waals surface area (Å²) in [4.78, 5) is 21.8. The highest BCUT2D eigenvalue weighted by Gasteiger charge is 2.20. The molecule has 1 fully saturated rings. The van der Waals surface area contributed by atoms with E-state index in [9.17, 15) is 9.59 Å². The highest BCUT2D eigenvalue weighted by atomic mass is 16.2. The van der Waals surface area contributed by atoms with Crippen molar-refractivity contribution in [3.8, 4) is 0 Å². The van der Waals surface area contributed by atoms with Crippen LogP contribution in [0.25, 0.3) is 0 Å². The van der Waals surface area contributed by atoms with Crippen LogP contribution in [0.2, 0.25) is 0 Å². The largest absolute Gasteiger partial charge is 0.379 e. The van der Waals surface area contributed by atoms with E-state index in [0.29, 0.717) is 18.7 Å². The number of anilines is 1. The van der Waals surface area contributed by atoms with Crippen molar-refractivity contribution in [2.45, 2.75) is 12.5 Å². The minimum absolute atomic E-state index is 0.0281. The Labute approximate surface area is 79.7 Å². The number of carbonyl (C=O) groups excluding carboxylic acids is 1. The first kappa shape index (κ1) is 8.74. The van der Waals surface area contributed by atoms with E-state index in [1.165, 1.54) is 12.3 Å². The molecule has 1 saturated heterocycles. The lowest BCUT2D eigenvalue weighted by Crippen LogP contribution is -2.23. The molecular formula is C8H10N4O2. The summed E-state index contributed by atoms with van der Waals surface area (Å²) in [6, 6.07) is 1.46. The average Bonchev–Trinajstić information content (AvgIpc) is 2.51. The minimum atomic E-state index is -0.257. The normalized spacial score (nSPS) is 20.6. The van der Waals surface area contributed by atoms with Crippen LogP contribution >= 0.6 is 0 Å². The summed E-state index contributed by atoms with van der Waals surface area (Å²) in [6.45, 7) is 0.589. The molecule has 1 atom stereocenters. The molecule has 0 bridgehead atoms. The molecule has 0 saturated carbocycles. The maximum absolute atomic E-state index is 10.9. The van der Waals surface area contributed by atoms with E-state index in [4.69, 9.17) is 0 Å². The quantitative estimate of drug-likeness (QED) is 0.567. The van der Waals surface area contributed by atoms with Crippen LogP contribution in [0.15, 0.2) is 17.1 Å². The van der Waals surface area contributed by atoms with E-state index in [0.717, 1.165) is 0 Å². The monoisotopic (exact) mass is 194 g/mol. The molecule has 3 N–H and O–H groups in total. The fourth-order valence-electron chi connectivity index (χ4n) is 1.40. The Kier molecular flexibility index (Phi) is 2.18. The first-order valence-electron chi connectivity index (χ1n) is 4.32. The molecule has 0 radical (unpaired) electrons. The van der Waals surface area contributed by atoms with Gasteiger partial charge in [0.1, 0.15) is 0 Å². The van der Waals surface area contributed by atoms with E-state index in [1.54, 1.807) is 0 Å². The Morgan fingerprint density at radius 3 is 3.00 bits per heavy atom. The van der Waals surface area contributed by atoms with Crippen LogP contribution < -0.4 is 16.2 Å². The number of aromatic nitrogens is 2. The SMILES string of the molecule is O=C1CC(Nc2cn[nH]c(=O)c2)CN1. The van der Waals surface area contributed by atoms with Crippen molar-refractivity contribution < 1.29 is 4.79 Å². The number of hydrogen-bond acceptors (Lipinski definition) is 4. The first-order valence-corrected chi connectivity index (χ1v) is 4.32. The van der Waals surface area contributed by atoms with E-state index >= 15 is 0 Å². The zero-order chi connectivity index (χ0) is 9.97. The predicted molar refractivity (Wildman–Crippen MR) is 49.9 cm³/mol. The molecule has 0 spiro atoms. The lowest BCUT2D eigenvalue weighted by atomic mass is 10.2. The second kappa shape index (κ2) is 3.49. The highest BCUT2D eigenvalue weighted by Crippen LogP contribution is 2.07. The molecule has 74 valence electrons. The van der Waals surface area contributed by atoms with Crippen molar-refractivity contribution >= 4 is 11.6 Å². The molecule has 1 aliphatic heterocycles. The van der Waals surface area contributed by atoms with Gasteiger partial charge in [0.05, 0.1) is 17.9 Å². The van der Waals surface area contributed by atoms with Gasteiger partial charge in [-0.3, -0.25) is 9.59 Å². The second-order valence-corrected chi connectivity index (χ2v) is 3.18. The molecule has 6 nitrogen and oxygen atoms in total. The first-order chi connectivity index (χ1) is 6.74. The number of aromatic amines is 1. The number of rotatable bonds is 2. The van der Waals surface area contributed by atoms with Gasteiger partial charge >= 0.3 is 0 Å². The summed E-state index contributed by atoms with van der Waals surface area (Å²) in [5.74, 6) is 0.0281. The molecule has 1 aliphatic rings. The molecule has 1 amide bonds. The van der Waals surface area contributed by atoms with E-state index in [-0.39, 0.29) is 17.5 Å². The summed E-state index contributed by atoms with van der Waals surface area (Å²) in [7, 11) is 0. The van der Waals surface area contributed by atoms with Crippen LogP contribution in [0.4, 0.5) is 5.69 Å². The molecule has 2 heterocycles. The third-order valence-corrected chi connectivity index (χ3v) is 2.01. The lowest BCUT2D eigenvalue weighted by Gasteiger charge is -2.10. The molecule has 1 aromatic heterocycles. The molecular weight excluding hydrogens is 184 g/mol. The molecule has 0 aliphatic carbocycles. The summed E-state index contributed by atoms with van der Waals surface area (Å²) in [6.07, 6.45) is 1.96. The van der Waals surface area contributed by atoms with Crippen LogP contribution in [-0.2, 0) is 4.79 Å². The third-order valence-electron chi connectivity index (χ3n) is 2.01. The minimum Gasteiger partial charge on any atom is -0.379 e. The van der Waals surface area contributed by atoms with Crippen molar-refractivity contribution in [1.82, 2.24) is 15.5 Å². The summed E-state index contributed by atoms with van der Waals surface area (Å²) in [5, 5.41) is 11.7. The second-order valence-electron chi connectivity index (χ2n) is 3.18. The standard InChI is InChI=1S/C8H10N4O2/c13-7-1-5(3-9-7)11-6-2-8(14)12-10-4-6/h2,4-5H,1,3H2,(H,9,13)(H2,11,12,14). The third kappa shape index (κ3) is 1.90. The van der Waals surface area contributed by atoms with Gasteiger partial charge in [0.25, 0.3) is 5.56 Å². The van der Waals surface area contributed by atoms with Gasteiger partial charge in [0.15, 0.2) is 0 Å². The zero-order valence-electron chi connectivity index (χ0n) is 7.41. The zero-order valence-corrected chi connectivity index (χ0v) is 7.41. The number of nitrogens with one attached hydrogen (secondary N) is 3. The maximum Gasteiger partial charge on any atom is 0.266 e. The number of hydrogen-bond donors (Lipinski definition) is 3. The van der Waals surface area contributed by atoms with Gasteiger partial charge in [0.2, 0.25) is 5.91 Å². The van der Waals surface area contributed by atoms with Gasteiger partial charge < -0.3 is 10.6 Å². The van der Waals surface area contributed by atoms with Crippen molar-refractivity contribution in [2.75, 3.05) is 11.9 Å². The highest BCUT2D eigenvalue weighted by molar-refractivity contribution is 5.79. The van der Waals surface area contributed by atoms with Crippen LogP contribution in [0.1, 0.15) is 6.42 Å². The van der Waals surface area contributed by atoms with Crippen molar-refractivity contribution in [2.24, 2.45) is 0 Å². The van der Waals surface area contributed by atoms with Crippen molar-refractivity contribution in [3.63, 3.8) is 0 Å². The summed E-state index contributed by atoms with van der Waals surface area (Å²) >= 11 is 0. The fourth-order valence-corrected chi connectivity index (χ4v) is 1.40. The number of amides is 1. The Morgan fingerprint density at radius 2 is 2.36 bits per heavy atom. The average molecular weight is 194 g/mol. The van der Waals surface area contributed by atoms with Gasteiger partial charge in [-0.2, -0.15) is 5.10 Å². The van der Waals surface area contributed by atoms with Crippen molar-refractivity contribution in [1.29, 1.82) is 0 Å². The Morgan fingerprint density at radius 1 is 1.50 bits per heavy atom. The van der Waals surface area contributed by atoms with Crippen LogP contribution in [0, 0.1) is 0 Å². The smallest absolute Gasteiger partial charge is 0.266 e. The Hall–Kier alpha value is -1.85. The number of carbonyl (C=O) groups is 1. The lowest BCUT2D eigenvalue weighted by molar-refractivity contribution is -0.119. The Bertz CT molecular complexity index is 400. The molecule has 0 aromatic carbocycles. The topological polar surface area (TPSA) is 86.9 Å². The number of nitrogens with zero attached hydrogens (tertiary/aromatic N) is 1. The summed E-state index contributed by atoms with van der Waals surface area (Å²) in [5.41, 5.74) is 0.377. The molecule has 6 heteroatoms. The van der Waals surface area contributed by atoms with Crippen LogP contribution in [0.5, 0.6) is 0 Å². The summed E-state index contributed by atoms with van der Waals surface area (Å²) < 4.78 is 0. The number of H-pyrrole nitrogens is 1. The maximum atomic E-state index is 10.9.